The van der Waals surface area contributed by atoms with Crippen LogP contribution in [0.25, 0.3) is 0 Å². The topological polar surface area (TPSA) is 61.6 Å². The van der Waals surface area contributed by atoms with Gasteiger partial charge in [-0.05, 0) is 52.4 Å². The fourth-order valence-corrected chi connectivity index (χ4v) is 3.06. The van der Waals surface area contributed by atoms with Crippen LogP contribution in [0.2, 0.25) is 0 Å². The third kappa shape index (κ3) is 4.43. The van der Waals surface area contributed by atoms with Gasteiger partial charge < -0.3 is 16.0 Å². The zero-order chi connectivity index (χ0) is 14.5. The van der Waals surface area contributed by atoms with Crippen LogP contribution in [-0.4, -0.2) is 67.1 Å². The van der Waals surface area contributed by atoms with Crippen LogP contribution in [0, 0.1) is 0 Å². The number of nitrogens with one attached hydrogen (secondary N) is 1. The Morgan fingerprint density at radius 1 is 1.35 bits per heavy atom. The van der Waals surface area contributed by atoms with Crippen molar-refractivity contribution in [1.82, 2.24) is 15.1 Å². The largest absolute Gasteiger partial charge is 0.353 e. The van der Waals surface area contributed by atoms with Gasteiger partial charge >= 0.3 is 0 Å². The monoisotopic (exact) mass is 282 g/mol. The Balaban J connectivity index is 1.78. The third-order valence-electron chi connectivity index (χ3n) is 4.79. The molecule has 2 fully saturated rings. The van der Waals surface area contributed by atoms with Crippen molar-refractivity contribution in [3.8, 4) is 0 Å². The minimum Gasteiger partial charge on any atom is -0.353 e. The highest BCUT2D eigenvalue weighted by atomic mass is 16.1. The van der Waals surface area contributed by atoms with Crippen molar-refractivity contribution in [3.05, 3.63) is 0 Å². The maximum atomic E-state index is 11.9. The molecule has 0 bridgehead atoms. The van der Waals surface area contributed by atoms with Crippen molar-refractivity contribution in [2.45, 2.75) is 57.2 Å². The van der Waals surface area contributed by atoms with E-state index in [1.165, 1.54) is 12.8 Å². The van der Waals surface area contributed by atoms with Crippen molar-refractivity contribution in [2.24, 2.45) is 5.73 Å². The van der Waals surface area contributed by atoms with Crippen LogP contribution in [0.15, 0.2) is 0 Å². The van der Waals surface area contributed by atoms with Crippen molar-refractivity contribution in [3.63, 3.8) is 0 Å². The number of amides is 1. The highest BCUT2D eigenvalue weighted by Gasteiger charge is 2.29. The second kappa shape index (κ2) is 7.38. The molecular weight excluding hydrogens is 252 g/mol. The molecule has 1 heterocycles. The summed E-state index contributed by atoms with van der Waals surface area (Å²) in [5.74, 6) is 0.167. The van der Waals surface area contributed by atoms with Crippen LogP contribution < -0.4 is 11.1 Å². The van der Waals surface area contributed by atoms with Crippen LogP contribution in [0.4, 0.5) is 0 Å². The Hall–Kier alpha value is -0.650. The SMILES string of the molecule is CCN1CCC(N(C)C(CN)CC(=O)NC2CC2)CC1. The molecule has 1 saturated heterocycles. The number of likely N-dealkylation sites (N-methyl/N-ethyl adjacent to an activating group) is 1. The number of hydrogen-bond acceptors (Lipinski definition) is 4. The van der Waals surface area contributed by atoms with Crippen LogP contribution >= 0.6 is 0 Å². The lowest BCUT2D eigenvalue weighted by Gasteiger charge is -2.39. The van der Waals surface area contributed by atoms with E-state index in [9.17, 15) is 4.79 Å². The molecule has 2 rings (SSSR count). The smallest absolute Gasteiger partial charge is 0.221 e. The molecule has 116 valence electrons. The zero-order valence-corrected chi connectivity index (χ0v) is 13.0. The summed E-state index contributed by atoms with van der Waals surface area (Å²) in [6, 6.07) is 1.19. The van der Waals surface area contributed by atoms with E-state index in [1.54, 1.807) is 0 Å². The van der Waals surface area contributed by atoms with Crippen LogP contribution in [0.1, 0.15) is 39.0 Å². The van der Waals surface area contributed by atoms with E-state index in [0.29, 0.717) is 25.0 Å². The van der Waals surface area contributed by atoms with Crippen molar-refractivity contribution < 1.29 is 4.79 Å². The van der Waals surface area contributed by atoms with Gasteiger partial charge in [-0.25, -0.2) is 0 Å². The molecule has 0 radical (unpaired) electrons. The average Bonchev–Trinajstić information content (AvgIpc) is 3.28. The number of nitrogens with two attached hydrogens (primary N) is 1. The molecule has 1 atom stereocenters. The van der Waals surface area contributed by atoms with E-state index in [0.717, 1.165) is 32.5 Å². The molecule has 20 heavy (non-hydrogen) atoms. The van der Waals surface area contributed by atoms with Gasteiger partial charge in [0, 0.05) is 31.1 Å². The Bertz CT molecular complexity index is 311. The van der Waals surface area contributed by atoms with Gasteiger partial charge in [0.05, 0.1) is 0 Å². The van der Waals surface area contributed by atoms with Crippen molar-refractivity contribution in [1.29, 1.82) is 0 Å². The van der Waals surface area contributed by atoms with Crippen LogP contribution in [0.3, 0.4) is 0 Å². The van der Waals surface area contributed by atoms with Gasteiger partial charge in [0.15, 0.2) is 0 Å². The first-order chi connectivity index (χ1) is 9.63. The first-order valence-electron chi connectivity index (χ1n) is 8.07. The highest BCUT2D eigenvalue weighted by Crippen LogP contribution is 2.20. The predicted octanol–water partition coefficient (Wildman–Crippen LogP) is 0.399. The van der Waals surface area contributed by atoms with E-state index in [2.05, 4.69) is 29.1 Å². The predicted molar refractivity (Wildman–Crippen MR) is 81.5 cm³/mol. The minimum absolute atomic E-state index is 0.167. The molecule has 1 aliphatic heterocycles. The summed E-state index contributed by atoms with van der Waals surface area (Å²) in [4.78, 5) is 16.8. The fourth-order valence-electron chi connectivity index (χ4n) is 3.06. The molecule has 1 unspecified atom stereocenters. The zero-order valence-electron chi connectivity index (χ0n) is 13.0. The molecular formula is C15H30N4O. The summed E-state index contributed by atoms with van der Waals surface area (Å²) in [7, 11) is 2.13. The summed E-state index contributed by atoms with van der Waals surface area (Å²) in [6.45, 7) is 6.24. The third-order valence-corrected chi connectivity index (χ3v) is 4.79. The number of carbonyl (C=O) groups excluding carboxylic acids is 1. The molecule has 0 aromatic rings. The lowest BCUT2D eigenvalue weighted by molar-refractivity contribution is -0.122. The number of carbonyl (C=O) groups is 1. The molecule has 5 heteroatoms. The molecule has 1 saturated carbocycles. The molecule has 3 N–H and O–H groups in total. The van der Waals surface area contributed by atoms with Gasteiger partial charge in [-0.2, -0.15) is 0 Å². The minimum atomic E-state index is 0.167. The normalized spacial score (nSPS) is 23.0. The van der Waals surface area contributed by atoms with Gasteiger partial charge in [0.2, 0.25) is 5.91 Å². The molecule has 5 nitrogen and oxygen atoms in total. The second-order valence-corrected chi connectivity index (χ2v) is 6.27. The Labute approximate surface area is 122 Å². The number of nitrogens with zero attached hydrogens (tertiary/aromatic N) is 2. The van der Waals surface area contributed by atoms with E-state index < -0.39 is 0 Å². The lowest BCUT2D eigenvalue weighted by atomic mass is 10.0. The standard InChI is InChI=1S/C15H30N4O/c1-3-19-8-6-13(7-9-19)18(2)14(11-16)10-15(20)17-12-4-5-12/h12-14H,3-11,16H2,1-2H3,(H,17,20). The van der Waals surface area contributed by atoms with E-state index in [-0.39, 0.29) is 11.9 Å². The van der Waals surface area contributed by atoms with Crippen LogP contribution in [0.5, 0.6) is 0 Å². The highest BCUT2D eigenvalue weighted by molar-refractivity contribution is 5.77. The Morgan fingerprint density at radius 2 is 2.00 bits per heavy atom. The summed E-state index contributed by atoms with van der Waals surface area (Å²) in [6.07, 6.45) is 5.20. The van der Waals surface area contributed by atoms with Crippen molar-refractivity contribution in [2.75, 3.05) is 33.2 Å². The lowest BCUT2D eigenvalue weighted by Crippen LogP contribution is -2.50. The first-order valence-corrected chi connectivity index (χ1v) is 8.07. The summed E-state index contributed by atoms with van der Waals surface area (Å²) in [5, 5.41) is 3.06. The Morgan fingerprint density at radius 3 is 2.50 bits per heavy atom. The number of rotatable bonds is 7. The number of piperidine rings is 1. The van der Waals surface area contributed by atoms with Gasteiger partial charge in [-0.15, -0.1) is 0 Å². The molecule has 0 spiro atoms. The summed E-state index contributed by atoms with van der Waals surface area (Å²) in [5.41, 5.74) is 5.90. The Kier molecular flexibility index (Phi) is 5.81. The quantitative estimate of drug-likeness (QED) is 0.709. The molecule has 0 aromatic heterocycles. The van der Waals surface area contributed by atoms with Gasteiger partial charge in [-0.3, -0.25) is 9.69 Å². The number of hydrogen-bond donors (Lipinski definition) is 2. The first kappa shape index (κ1) is 15.7. The second-order valence-electron chi connectivity index (χ2n) is 6.27. The van der Waals surface area contributed by atoms with E-state index in [1.807, 2.05) is 0 Å². The van der Waals surface area contributed by atoms with Gasteiger partial charge in [0.25, 0.3) is 0 Å². The molecule has 0 aromatic carbocycles. The summed E-state index contributed by atoms with van der Waals surface area (Å²) < 4.78 is 0. The summed E-state index contributed by atoms with van der Waals surface area (Å²) >= 11 is 0. The molecule has 1 amide bonds. The van der Waals surface area contributed by atoms with E-state index >= 15 is 0 Å². The van der Waals surface area contributed by atoms with Gasteiger partial charge in [0.1, 0.15) is 0 Å². The molecule has 2 aliphatic rings. The van der Waals surface area contributed by atoms with Crippen molar-refractivity contribution >= 4 is 5.91 Å². The average molecular weight is 282 g/mol. The maximum absolute atomic E-state index is 11.9. The fraction of sp³-hybridized carbons (Fsp3) is 0.933. The molecule has 1 aliphatic carbocycles. The maximum Gasteiger partial charge on any atom is 0.221 e. The van der Waals surface area contributed by atoms with E-state index in [4.69, 9.17) is 5.73 Å². The van der Waals surface area contributed by atoms with Crippen LogP contribution in [-0.2, 0) is 4.79 Å². The van der Waals surface area contributed by atoms with Gasteiger partial charge in [-0.1, -0.05) is 6.92 Å². The number of likely N-dealkylation sites (tertiary alicyclic amines) is 1.